The first kappa shape index (κ1) is 34.5. The Morgan fingerprint density at radius 1 is 1.04 bits per heavy atom. The minimum Gasteiger partial charge on any atom is -0.496 e. The number of ether oxygens (including phenoxy) is 2. The second kappa shape index (κ2) is 13.6. The number of hydrogen-bond donors (Lipinski definition) is 0. The van der Waals surface area contributed by atoms with Crippen LogP contribution in [0.3, 0.4) is 0 Å². The molecule has 2 bridgehead atoms. The minimum absolute atomic E-state index is 0.0738. The summed E-state index contributed by atoms with van der Waals surface area (Å²) in [6.07, 6.45) is 13.2. The van der Waals surface area contributed by atoms with E-state index in [0.717, 1.165) is 62.9 Å². The molecule has 3 heterocycles. The number of carbonyl (C=O) groups is 2. The Balaban J connectivity index is 1.12. The van der Waals surface area contributed by atoms with Crippen LogP contribution in [0, 0.1) is 30.0 Å². The second-order valence-corrected chi connectivity index (χ2v) is 16.1. The van der Waals surface area contributed by atoms with Gasteiger partial charge in [0.25, 0.3) is 0 Å². The monoisotopic (exact) mass is 685 g/mol. The van der Waals surface area contributed by atoms with E-state index in [0.29, 0.717) is 49.3 Å². The quantitative estimate of drug-likeness (QED) is 0.225. The van der Waals surface area contributed by atoms with E-state index < -0.39 is 5.82 Å². The number of fused-ring (bicyclic) bond motifs is 3. The fourth-order valence-electron chi connectivity index (χ4n) is 9.05. The molecule has 0 radical (unpaired) electrons. The number of pyridine rings is 1. The van der Waals surface area contributed by atoms with E-state index in [1.807, 2.05) is 24.7 Å². The van der Waals surface area contributed by atoms with Crippen LogP contribution >= 0.6 is 0 Å². The smallest absolute Gasteiger partial charge is 0.410 e. The lowest BCUT2D eigenvalue weighted by atomic mass is 9.51. The highest BCUT2D eigenvalue weighted by atomic mass is 19.1. The Hall–Kier alpha value is -3.95. The third-order valence-electron chi connectivity index (χ3n) is 12.3. The van der Waals surface area contributed by atoms with Crippen LogP contribution in [0.5, 0.6) is 5.75 Å². The number of hydrogen-bond acceptors (Lipinski definition) is 6. The number of aromatic nitrogens is 3. The fourth-order valence-corrected chi connectivity index (χ4v) is 9.05. The number of amides is 2. The number of methoxy groups -OCH3 is 1. The summed E-state index contributed by atoms with van der Waals surface area (Å²) in [6.45, 7) is 10.2. The summed E-state index contributed by atoms with van der Waals surface area (Å²) in [5.74, 6) is 0.681. The van der Waals surface area contributed by atoms with Crippen LogP contribution in [-0.2, 0) is 14.9 Å². The molecule has 4 aliphatic carbocycles. The largest absolute Gasteiger partial charge is 0.496 e. The molecule has 50 heavy (non-hydrogen) atoms. The second-order valence-electron chi connectivity index (χ2n) is 16.1. The first-order chi connectivity index (χ1) is 24.0. The van der Waals surface area contributed by atoms with E-state index in [-0.39, 0.29) is 46.7 Å². The number of likely N-dealkylation sites (tertiary alicyclic amines) is 1. The molecule has 5 aliphatic rings. The van der Waals surface area contributed by atoms with Crippen LogP contribution in [0.15, 0.2) is 42.9 Å². The van der Waals surface area contributed by atoms with E-state index in [4.69, 9.17) is 9.47 Å². The summed E-state index contributed by atoms with van der Waals surface area (Å²) in [5, 5.41) is 4.44. The summed E-state index contributed by atoms with van der Waals surface area (Å²) in [4.78, 5) is 35.2. The van der Waals surface area contributed by atoms with Crippen LogP contribution in [-0.4, -0.2) is 64.5 Å². The lowest BCUT2D eigenvalue weighted by Gasteiger charge is -2.55. The van der Waals surface area contributed by atoms with Gasteiger partial charge in [0.05, 0.1) is 13.3 Å². The molecular weight excluding hydrogens is 633 g/mol. The van der Waals surface area contributed by atoms with E-state index in [2.05, 4.69) is 42.1 Å². The van der Waals surface area contributed by atoms with E-state index in [9.17, 15) is 9.59 Å². The lowest BCUT2D eigenvalue weighted by Crippen LogP contribution is -2.52. The maximum atomic E-state index is 16.7. The number of anilines is 1. The highest BCUT2D eigenvalue weighted by Crippen LogP contribution is 2.58. The molecule has 1 saturated heterocycles. The maximum absolute atomic E-state index is 16.7. The van der Waals surface area contributed by atoms with Crippen LogP contribution < -0.4 is 9.64 Å². The van der Waals surface area contributed by atoms with Gasteiger partial charge in [-0.2, -0.15) is 5.10 Å². The first-order valence-corrected chi connectivity index (χ1v) is 18.6. The number of halogens is 1. The molecule has 1 aliphatic heterocycles. The van der Waals surface area contributed by atoms with Gasteiger partial charge in [0.15, 0.2) is 11.6 Å². The molecular formula is C40H52FN5O4. The fraction of sp³-hybridized carbons (Fsp3) is 0.600. The predicted octanol–water partition coefficient (Wildman–Crippen LogP) is 8.25. The number of benzene rings is 1. The highest BCUT2D eigenvalue weighted by Gasteiger charge is 2.51. The topological polar surface area (TPSA) is 89.8 Å². The maximum Gasteiger partial charge on any atom is 0.410 e. The molecule has 10 heteroatoms. The molecule has 1 aromatic carbocycles. The summed E-state index contributed by atoms with van der Waals surface area (Å²) < 4.78 is 29.9. The average molecular weight is 686 g/mol. The van der Waals surface area contributed by atoms with Gasteiger partial charge in [-0.05, 0) is 125 Å². The van der Waals surface area contributed by atoms with Gasteiger partial charge >= 0.3 is 6.09 Å². The molecule has 5 fully saturated rings. The summed E-state index contributed by atoms with van der Waals surface area (Å²) >= 11 is 0. The van der Waals surface area contributed by atoms with Crippen molar-refractivity contribution >= 4 is 17.8 Å². The molecule has 0 atom stereocenters. The first-order valence-electron chi connectivity index (χ1n) is 18.6. The Morgan fingerprint density at radius 2 is 1.74 bits per heavy atom. The minimum atomic E-state index is -0.485. The van der Waals surface area contributed by atoms with Crippen molar-refractivity contribution in [1.82, 2.24) is 19.7 Å². The number of nitrogens with zero attached hydrogens (tertiary/aromatic N) is 5. The Kier molecular flexibility index (Phi) is 9.41. The molecule has 0 N–H and O–H groups in total. The molecule has 0 unspecified atom stereocenters. The van der Waals surface area contributed by atoms with Gasteiger partial charge < -0.3 is 14.4 Å². The molecule has 8 rings (SSSR count). The predicted molar refractivity (Wildman–Crippen MR) is 191 cm³/mol. The molecule has 2 amide bonds. The molecule has 268 valence electrons. The van der Waals surface area contributed by atoms with Gasteiger partial charge in [-0.25, -0.2) is 14.2 Å². The van der Waals surface area contributed by atoms with Gasteiger partial charge in [0.1, 0.15) is 11.9 Å². The molecule has 4 saturated carbocycles. The third-order valence-corrected chi connectivity index (χ3v) is 12.3. The van der Waals surface area contributed by atoms with Gasteiger partial charge in [0.2, 0.25) is 5.91 Å². The van der Waals surface area contributed by atoms with Crippen molar-refractivity contribution in [2.24, 2.45) is 17.3 Å². The van der Waals surface area contributed by atoms with Gasteiger partial charge in [-0.3, -0.25) is 14.4 Å². The van der Waals surface area contributed by atoms with Crippen molar-refractivity contribution in [2.75, 3.05) is 31.6 Å². The lowest BCUT2D eigenvalue weighted by molar-refractivity contribution is -0.124. The molecule has 2 aromatic heterocycles. The average Bonchev–Trinajstić information content (AvgIpc) is 3.61. The Labute approximate surface area is 295 Å². The zero-order valence-electron chi connectivity index (χ0n) is 30.3. The van der Waals surface area contributed by atoms with Crippen LogP contribution in [0.1, 0.15) is 102 Å². The third kappa shape index (κ3) is 6.50. The highest BCUT2D eigenvalue weighted by molar-refractivity contribution is 5.95. The number of aryl methyl sites for hydroxylation is 1. The zero-order valence-corrected chi connectivity index (χ0v) is 30.3. The van der Waals surface area contributed by atoms with Crippen LogP contribution in [0.4, 0.5) is 15.0 Å². The molecule has 9 nitrogen and oxygen atoms in total. The van der Waals surface area contributed by atoms with Crippen molar-refractivity contribution in [3.05, 3.63) is 59.8 Å². The van der Waals surface area contributed by atoms with E-state index in [1.54, 1.807) is 35.4 Å². The SMILES string of the molecule is COc1ccc(C23CCC(CN(C(=O)C4CCC(OC(=O)N5CC(C)C5)CC4)c4nccc(-c5cnn(C(C)C)c5)c4F)(CC2)CC3)cc1C. The molecule has 3 aromatic rings. The van der Waals surface area contributed by atoms with Gasteiger partial charge in [0, 0.05) is 55.1 Å². The summed E-state index contributed by atoms with van der Waals surface area (Å²) in [7, 11) is 1.71. The number of carbonyl (C=O) groups excluding carboxylic acids is 2. The van der Waals surface area contributed by atoms with E-state index >= 15 is 4.39 Å². The summed E-state index contributed by atoms with van der Waals surface area (Å²) in [6, 6.07) is 8.41. The van der Waals surface area contributed by atoms with Gasteiger partial charge in [-0.15, -0.1) is 0 Å². The summed E-state index contributed by atoms with van der Waals surface area (Å²) in [5.41, 5.74) is 3.61. The van der Waals surface area contributed by atoms with Crippen molar-refractivity contribution < 1.29 is 23.5 Å². The van der Waals surface area contributed by atoms with Crippen LogP contribution in [0.2, 0.25) is 0 Å². The Bertz CT molecular complexity index is 1700. The van der Waals surface area contributed by atoms with Crippen molar-refractivity contribution in [2.45, 2.75) is 109 Å². The standard InChI is InChI=1S/C40H52FN5O4/c1-26(2)46-24-30(21-43-46)33-12-19-42-36(35(33)41)45(37(47)29-6-9-32(10-7-29)50-38(48)44-22-27(3)23-44)25-39-13-16-40(17-14-39,18-15-39)31-8-11-34(49-5)28(4)20-31/h8,11-12,19-21,24,26-27,29,32H,6-7,9-10,13-18,22-23,25H2,1-5H3. The van der Waals surface area contributed by atoms with Crippen molar-refractivity contribution in [1.29, 1.82) is 0 Å². The van der Waals surface area contributed by atoms with E-state index in [1.165, 1.54) is 5.56 Å². The van der Waals surface area contributed by atoms with Crippen molar-refractivity contribution in [3.8, 4) is 16.9 Å². The normalized spacial score (nSPS) is 26.5. The zero-order chi connectivity index (χ0) is 35.2. The van der Waals surface area contributed by atoms with Crippen molar-refractivity contribution in [3.63, 3.8) is 0 Å². The van der Waals surface area contributed by atoms with Gasteiger partial charge in [-0.1, -0.05) is 19.1 Å². The molecule has 0 spiro atoms. The van der Waals surface area contributed by atoms with Crippen LogP contribution in [0.25, 0.3) is 11.1 Å². The number of rotatable bonds is 9. The Morgan fingerprint density at radius 3 is 2.34 bits per heavy atom.